The summed E-state index contributed by atoms with van der Waals surface area (Å²) in [5, 5.41) is 12.8. The van der Waals surface area contributed by atoms with E-state index in [1.54, 1.807) is 18.2 Å². The van der Waals surface area contributed by atoms with Crippen LogP contribution in [0.2, 0.25) is 5.02 Å². The van der Waals surface area contributed by atoms with Gasteiger partial charge in [-0.3, -0.25) is 4.68 Å². The number of rotatable bonds is 6. The standard InChI is InChI=1S/C15H16ClF3N2O2/c1-23-12-5-4-10(13(16)7-12)8-21-9-11(3-2-6-22)14(20-21)15(17,18)19/h4-5,7,9,22H,2-3,6,8H2,1H3. The summed E-state index contributed by atoms with van der Waals surface area (Å²) in [7, 11) is 1.50. The first-order valence-electron chi connectivity index (χ1n) is 6.92. The van der Waals surface area contributed by atoms with Crippen LogP contribution in [-0.4, -0.2) is 28.6 Å². The highest BCUT2D eigenvalue weighted by atomic mass is 35.5. The molecule has 2 rings (SSSR count). The summed E-state index contributed by atoms with van der Waals surface area (Å²) in [5.74, 6) is 0.568. The third-order valence-corrected chi connectivity index (χ3v) is 3.65. The lowest BCUT2D eigenvalue weighted by molar-refractivity contribution is -0.142. The Labute approximate surface area is 136 Å². The van der Waals surface area contributed by atoms with Crippen LogP contribution in [0.5, 0.6) is 5.75 Å². The summed E-state index contributed by atoms with van der Waals surface area (Å²) in [4.78, 5) is 0. The van der Waals surface area contributed by atoms with Crippen LogP contribution >= 0.6 is 11.6 Å². The number of halogens is 4. The molecule has 1 aromatic carbocycles. The minimum absolute atomic E-state index is 0.0659. The largest absolute Gasteiger partial charge is 0.497 e. The van der Waals surface area contributed by atoms with E-state index >= 15 is 0 Å². The highest BCUT2D eigenvalue weighted by molar-refractivity contribution is 6.31. The fourth-order valence-corrected chi connectivity index (χ4v) is 2.42. The monoisotopic (exact) mass is 348 g/mol. The Morgan fingerprint density at radius 3 is 2.61 bits per heavy atom. The zero-order valence-electron chi connectivity index (χ0n) is 12.4. The van der Waals surface area contributed by atoms with Crippen molar-refractivity contribution in [3.05, 3.63) is 46.2 Å². The molecule has 1 heterocycles. The average Bonchev–Trinajstić information content (AvgIpc) is 2.90. The van der Waals surface area contributed by atoms with Crippen LogP contribution in [0, 0.1) is 0 Å². The molecular formula is C15H16ClF3N2O2. The molecule has 0 radical (unpaired) electrons. The predicted octanol–water partition coefficient (Wildman–Crippen LogP) is 3.54. The summed E-state index contributed by atoms with van der Waals surface area (Å²) in [6, 6.07) is 4.96. The summed E-state index contributed by atoms with van der Waals surface area (Å²) in [5.41, 5.74) is -0.218. The van der Waals surface area contributed by atoms with Gasteiger partial charge in [0.2, 0.25) is 0 Å². The molecule has 0 atom stereocenters. The minimum Gasteiger partial charge on any atom is -0.497 e. The number of hydrogen-bond donors (Lipinski definition) is 1. The van der Waals surface area contributed by atoms with Gasteiger partial charge in [0.1, 0.15) is 5.75 Å². The first-order chi connectivity index (χ1) is 10.8. The molecule has 0 aliphatic heterocycles. The lowest BCUT2D eigenvalue weighted by atomic mass is 10.1. The van der Waals surface area contributed by atoms with E-state index in [9.17, 15) is 13.2 Å². The van der Waals surface area contributed by atoms with E-state index in [-0.39, 0.29) is 31.6 Å². The minimum atomic E-state index is -4.53. The third kappa shape index (κ3) is 4.39. The quantitative estimate of drug-likeness (QED) is 0.868. The van der Waals surface area contributed by atoms with E-state index in [4.69, 9.17) is 21.4 Å². The maximum absolute atomic E-state index is 13.0. The molecule has 1 N–H and O–H groups in total. The predicted molar refractivity (Wildman–Crippen MR) is 79.7 cm³/mol. The Bertz CT molecular complexity index is 671. The first kappa shape index (κ1) is 17.6. The Balaban J connectivity index is 2.28. The molecule has 0 unspecified atom stereocenters. The van der Waals surface area contributed by atoms with E-state index in [0.29, 0.717) is 16.3 Å². The van der Waals surface area contributed by atoms with Gasteiger partial charge in [0.15, 0.2) is 5.69 Å². The highest BCUT2D eigenvalue weighted by Crippen LogP contribution is 2.32. The van der Waals surface area contributed by atoms with Gasteiger partial charge in [-0.25, -0.2) is 0 Å². The molecule has 0 fully saturated rings. The number of hydrogen-bond acceptors (Lipinski definition) is 3. The van der Waals surface area contributed by atoms with Gasteiger partial charge in [-0.05, 0) is 30.5 Å². The molecule has 0 amide bonds. The summed E-state index contributed by atoms with van der Waals surface area (Å²) < 4.78 is 45.3. The average molecular weight is 349 g/mol. The topological polar surface area (TPSA) is 47.3 Å². The second-order valence-corrected chi connectivity index (χ2v) is 5.39. The number of alkyl halides is 3. The van der Waals surface area contributed by atoms with Crippen molar-refractivity contribution < 1.29 is 23.0 Å². The van der Waals surface area contributed by atoms with Crippen molar-refractivity contribution in [2.45, 2.75) is 25.6 Å². The van der Waals surface area contributed by atoms with Crippen molar-refractivity contribution in [1.29, 1.82) is 0 Å². The van der Waals surface area contributed by atoms with Crippen molar-refractivity contribution in [2.24, 2.45) is 0 Å². The van der Waals surface area contributed by atoms with Crippen molar-refractivity contribution in [2.75, 3.05) is 13.7 Å². The number of benzene rings is 1. The fraction of sp³-hybridized carbons (Fsp3) is 0.400. The fourth-order valence-electron chi connectivity index (χ4n) is 2.19. The molecule has 4 nitrogen and oxygen atoms in total. The molecule has 2 aromatic rings. The lowest BCUT2D eigenvalue weighted by Gasteiger charge is -2.07. The number of nitrogens with zero attached hydrogens (tertiary/aromatic N) is 2. The van der Waals surface area contributed by atoms with Crippen LogP contribution in [0.1, 0.15) is 23.2 Å². The Morgan fingerprint density at radius 1 is 1.30 bits per heavy atom. The van der Waals surface area contributed by atoms with E-state index in [1.165, 1.54) is 18.0 Å². The molecule has 1 aromatic heterocycles. The van der Waals surface area contributed by atoms with Crippen molar-refractivity contribution in [3.63, 3.8) is 0 Å². The van der Waals surface area contributed by atoms with Crippen LogP contribution < -0.4 is 4.74 Å². The normalized spacial score (nSPS) is 11.7. The van der Waals surface area contributed by atoms with Crippen LogP contribution in [0.15, 0.2) is 24.4 Å². The van der Waals surface area contributed by atoms with Gasteiger partial charge in [-0.15, -0.1) is 0 Å². The number of aromatic nitrogens is 2. The summed E-state index contributed by atoms with van der Waals surface area (Å²) >= 11 is 6.10. The summed E-state index contributed by atoms with van der Waals surface area (Å²) in [6.45, 7) is -0.0577. The molecule has 0 aliphatic rings. The van der Waals surface area contributed by atoms with Gasteiger partial charge >= 0.3 is 6.18 Å². The maximum atomic E-state index is 13.0. The molecule has 0 bridgehead atoms. The molecule has 8 heteroatoms. The number of aliphatic hydroxyl groups excluding tert-OH is 1. The van der Waals surface area contributed by atoms with Gasteiger partial charge in [0.25, 0.3) is 0 Å². The Kier molecular flexibility index (Phi) is 5.54. The molecule has 0 spiro atoms. The molecule has 0 saturated carbocycles. The third-order valence-electron chi connectivity index (χ3n) is 3.30. The second kappa shape index (κ2) is 7.23. The van der Waals surface area contributed by atoms with Crippen LogP contribution in [0.25, 0.3) is 0 Å². The summed E-state index contributed by atoms with van der Waals surface area (Å²) in [6.07, 6.45) is -2.82. The van der Waals surface area contributed by atoms with Crippen LogP contribution in [-0.2, 0) is 19.1 Å². The van der Waals surface area contributed by atoms with E-state index in [2.05, 4.69) is 5.10 Å². The molecule has 0 aliphatic carbocycles. The number of aryl methyl sites for hydroxylation is 1. The smallest absolute Gasteiger partial charge is 0.435 e. The molecule has 0 saturated heterocycles. The molecule has 126 valence electrons. The highest BCUT2D eigenvalue weighted by Gasteiger charge is 2.36. The number of ether oxygens (including phenoxy) is 1. The van der Waals surface area contributed by atoms with E-state index in [1.807, 2.05) is 0 Å². The zero-order chi connectivity index (χ0) is 17.0. The van der Waals surface area contributed by atoms with Gasteiger partial charge in [-0.1, -0.05) is 17.7 Å². The molecule has 23 heavy (non-hydrogen) atoms. The Morgan fingerprint density at radius 2 is 2.04 bits per heavy atom. The second-order valence-electron chi connectivity index (χ2n) is 4.98. The first-order valence-corrected chi connectivity index (χ1v) is 7.29. The van der Waals surface area contributed by atoms with Gasteiger partial charge in [0, 0.05) is 23.4 Å². The number of methoxy groups -OCH3 is 1. The van der Waals surface area contributed by atoms with Gasteiger partial charge in [0.05, 0.1) is 13.7 Å². The maximum Gasteiger partial charge on any atom is 0.435 e. The van der Waals surface area contributed by atoms with Crippen molar-refractivity contribution >= 4 is 11.6 Å². The van der Waals surface area contributed by atoms with Crippen molar-refractivity contribution in [3.8, 4) is 5.75 Å². The van der Waals surface area contributed by atoms with E-state index < -0.39 is 11.9 Å². The van der Waals surface area contributed by atoms with Gasteiger partial charge < -0.3 is 9.84 Å². The number of aliphatic hydroxyl groups is 1. The van der Waals surface area contributed by atoms with Gasteiger partial charge in [-0.2, -0.15) is 18.3 Å². The Hall–Kier alpha value is -1.73. The van der Waals surface area contributed by atoms with E-state index in [0.717, 1.165) is 0 Å². The van der Waals surface area contributed by atoms with Crippen LogP contribution in [0.4, 0.5) is 13.2 Å². The molecular weight excluding hydrogens is 333 g/mol. The lowest BCUT2D eigenvalue weighted by Crippen LogP contribution is -2.10. The SMILES string of the molecule is COc1ccc(Cn2cc(CCCO)c(C(F)(F)F)n2)c(Cl)c1. The van der Waals surface area contributed by atoms with Crippen molar-refractivity contribution in [1.82, 2.24) is 9.78 Å². The van der Waals surface area contributed by atoms with Crippen LogP contribution in [0.3, 0.4) is 0 Å². The zero-order valence-corrected chi connectivity index (χ0v) is 13.2.